The monoisotopic (exact) mass is 748 g/mol. The smallest absolute Gasteiger partial charge is 0.263 e. The number of nitrogens with zero attached hydrogens (tertiary/aromatic N) is 3. The minimum absolute atomic E-state index is 0.00761. The maximum Gasteiger partial charge on any atom is 0.263 e. The van der Waals surface area contributed by atoms with Gasteiger partial charge in [0.2, 0.25) is 5.43 Å². The van der Waals surface area contributed by atoms with Gasteiger partial charge in [-0.3, -0.25) is 9.59 Å². The van der Waals surface area contributed by atoms with E-state index in [-0.39, 0.29) is 28.9 Å². The van der Waals surface area contributed by atoms with Crippen LogP contribution in [0.4, 0.5) is 14.5 Å². The molecular formula is C43H56F2N3O6+. The molecule has 3 aromatic carbocycles. The quantitative estimate of drug-likeness (QED) is 0.0704. The van der Waals surface area contributed by atoms with Crippen molar-refractivity contribution in [1.29, 1.82) is 0 Å². The molecule has 1 aromatic heterocycles. The highest BCUT2D eigenvalue weighted by Gasteiger charge is 2.26. The predicted molar refractivity (Wildman–Crippen MR) is 210 cm³/mol. The molecule has 0 saturated carbocycles. The molecule has 1 aliphatic heterocycles. The van der Waals surface area contributed by atoms with E-state index in [1.165, 1.54) is 80.8 Å². The summed E-state index contributed by atoms with van der Waals surface area (Å²) >= 11 is 0. The first-order valence-electron chi connectivity index (χ1n) is 19.5. The molecule has 0 unspecified atom stereocenters. The fraction of sp³-hybridized carbons (Fsp3) is 0.488. The number of hydrogen-bond donors (Lipinski definition) is 0. The molecule has 1 fully saturated rings. The molecule has 11 heteroatoms. The zero-order chi connectivity index (χ0) is 38.7. The standard InChI is InChI=1S/C43H56F2N3O6/c1-6-46(33-23-31(44)22-32(45)24-33)43(50)38-30-47(34-25-35(52-7-2)27-36(26-34)53-8-3)39-28-37(29-40(51-5)41(39)42(38)49)54-21-17-12-10-9-11-14-18-48(4)19-15-13-16-20-48/h22-30H,6-21H2,1-5H3/q+1. The minimum atomic E-state index is -0.837. The average Bonchev–Trinajstić information content (AvgIpc) is 3.14. The Labute approximate surface area is 318 Å². The van der Waals surface area contributed by atoms with Crippen LogP contribution in [0.5, 0.6) is 23.0 Å². The molecule has 9 nitrogen and oxygen atoms in total. The van der Waals surface area contributed by atoms with Crippen LogP contribution in [-0.2, 0) is 0 Å². The molecule has 1 aliphatic rings. The van der Waals surface area contributed by atoms with Crippen molar-refractivity contribution in [2.45, 2.75) is 78.6 Å². The van der Waals surface area contributed by atoms with E-state index in [0.717, 1.165) is 37.5 Å². The number of piperidine rings is 1. The molecule has 292 valence electrons. The summed E-state index contributed by atoms with van der Waals surface area (Å²) in [4.78, 5) is 29.6. The van der Waals surface area contributed by atoms with Crippen LogP contribution >= 0.6 is 0 Å². The van der Waals surface area contributed by atoms with Crippen molar-refractivity contribution in [2.75, 3.05) is 65.1 Å². The molecule has 0 radical (unpaired) electrons. The Bertz CT molecular complexity index is 1900. The van der Waals surface area contributed by atoms with E-state index in [1.807, 2.05) is 13.8 Å². The molecule has 4 aromatic rings. The highest BCUT2D eigenvalue weighted by molar-refractivity contribution is 6.08. The Hall–Kier alpha value is -4.64. The van der Waals surface area contributed by atoms with Gasteiger partial charge in [0.25, 0.3) is 5.91 Å². The number of fused-ring (bicyclic) bond motifs is 1. The van der Waals surface area contributed by atoms with E-state index in [1.54, 1.807) is 41.8 Å². The van der Waals surface area contributed by atoms with Crippen molar-refractivity contribution in [1.82, 2.24) is 4.57 Å². The van der Waals surface area contributed by atoms with Crippen molar-refractivity contribution < 1.29 is 37.0 Å². The topological polar surface area (TPSA) is 79.2 Å². The SMILES string of the molecule is CCOc1cc(OCC)cc(-n2cc(C(=O)N(CC)c3cc(F)cc(F)c3)c(=O)c3c(OC)cc(OCCCCCCCC[N+]4(C)CCCCC4)cc32)c1. The normalized spacial score (nSPS) is 13.8. The molecule has 0 bridgehead atoms. The number of ether oxygens (including phenoxy) is 4. The van der Waals surface area contributed by atoms with Gasteiger partial charge in [0.05, 0.1) is 70.2 Å². The zero-order valence-electron chi connectivity index (χ0n) is 32.6. The van der Waals surface area contributed by atoms with Gasteiger partial charge in [0.15, 0.2) is 0 Å². The number of unbranched alkanes of at least 4 members (excludes halogenated alkanes) is 5. The van der Waals surface area contributed by atoms with E-state index in [4.69, 9.17) is 18.9 Å². The number of pyridine rings is 1. The number of carbonyl (C=O) groups excluding carboxylic acids is 1. The second-order valence-corrected chi connectivity index (χ2v) is 14.3. The maximum absolute atomic E-state index is 14.3. The van der Waals surface area contributed by atoms with Crippen molar-refractivity contribution in [2.24, 2.45) is 0 Å². The van der Waals surface area contributed by atoms with Gasteiger partial charge in [0.1, 0.15) is 40.2 Å². The third-order valence-corrected chi connectivity index (χ3v) is 10.2. The molecule has 1 saturated heterocycles. The fourth-order valence-corrected chi connectivity index (χ4v) is 7.47. The number of methoxy groups -OCH3 is 1. The van der Waals surface area contributed by atoms with Crippen molar-refractivity contribution in [3.8, 4) is 28.7 Å². The van der Waals surface area contributed by atoms with Crippen LogP contribution in [0.1, 0.15) is 88.9 Å². The van der Waals surface area contributed by atoms with Gasteiger partial charge in [-0.1, -0.05) is 19.3 Å². The molecule has 0 spiro atoms. The number of rotatable bonds is 19. The van der Waals surface area contributed by atoms with E-state index >= 15 is 0 Å². The van der Waals surface area contributed by atoms with Crippen LogP contribution in [0.2, 0.25) is 0 Å². The van der Waals surface area contributed by atoms with Crippen LogP contribution < -0.4 is 29.3 Å². The third kappa shape index (κ3) is 10.1. The van der Waals surface area contributed by atoms with Gasteiger partial charge in [-0.25, -0.2) is 8.78 Å². The third-order valence-electron chi connectivity index (χ3n) is 10.2. The summed E-state index contributed by atoms with van der Waals surface area (Å²) in [6.07, 6.45) is 12.4. The first kappa shape index (κ1) is 40.5. The number of benzene rings is 3. The Balaban J connectivity index is 1.44. The molecule has 5 rings (SSSR count). The molecule has 2 heterocycles. The number of likely N-dealkylation sites (tertiary alicyclic amines) is 1. The van der Waals surface area contributed by atoms with Gasteiger partial charge < -0.3 is 32.9 Å². The number of amides is 1. The summed E-state index contributed by atoms with van der Waals surface area (Å²) in [5, 5.41) is 0.151. The van der Waals surface area contributed by atoms with Crippen LogP contribution in [-0.4, -0.2) is 75.1 Å². The lowest BCUT2D eigenvalue weighted by Gasteiger charge is -2.37. The van der Waals surface area contributed by atoms with Crippen LogP contribution in [0.25, 0.3) is 16.6 Å². The van der Waals surface area contributed by atoms with Crippen molar-refractivity contribution >= 4 is 22.5 Å². The van der Waals surface area contributed by atoms with Gasteiger partial charge in [0, 0.05) is 54.8 Å². The molecule has 54 heavy (non-hydrogen) atoms. The Morgan fingerprint density at radius 2 is 1.39 bits per heavy atom. The van der Waals surface area contributed by atoms with Gasteiger partial charge >= 0.3 is 0 Å². The highest BCUT2D eigenvalue weighted by atomic mass is 19.1. The lowest BCUT2D eigenvalue weighted by atomic mass is 10.1. The number of quaternary nitrogens is 1. The number of anilines is 1. The second-order valence-electron chi connectivity index (χ2n) is 14.3. The zero-order valence-corrected chi connectivity index (χ0v) is 32.6. The van der Waals surface area contributed by atoms with E-state index in [9.17, 15) is 18.4 Å². The highest BCUT2D eigenvalue weighted by Crippen LogP contribution is 2.34. The lowest BCUT2D eigenvalue weighted by molar-refractivity contribution is -0.914. The van der Waals surface area contributed by atoms with E-state index < -0.39 is 23.0 Å². The summed E-state index contributed by atoms with van der Waals surface area (Å²) in [5.74, 6) is -0.588. The second kappa shape index (κ2) is 19.1. The fourth-order valence-electron chi connectivity index (χ4n) is 7.47. The van der Waals surface area contributed by atoms with E-state index in [0.29, 0.717) is 48.3 Å². The number of carbonyl (C=O) groups is 1. The van der Waals surface area contributed by atoms with Crippen LogP contribution in [0.3, 0.4) is 0 Å². The Morgan fingerprint density at radius 1 is 0.778 bits per heavy atom. The van der Waals surface area contributed by atoms with Gasteiger partial charge in [-0.05, 0) is 71.4 Å². The first-order valence-corrected chi connectivity index (χ1v) is 19.5. The molecule has 1 amide bonds. The Morgan fingerprint density at radius 3 is 2.00 bits per heavy atom. The predicted octanol–water partition coefficient (Wildman–Crippen LogP) is 9.09. The number of aromatic nitrogens is 1. The summed E-state index contributed by atoms with van der Waals surface area (Å²) in [5.41, 5.74) is 0.178. The number of hydrogen-bond acceptors (Lipinski definition) is 6. The average molecular weight is 749 g/mol. The minimum Gasteiger partial charge on any atom is -0.496 e. The molecule has 0 atom stereocenters. The summed E-state index contributed by atoms with van der Waals surface area (Å²) in [6, 6.07) is 11.6. The summed E-state index contributed by atoms with van der Waals surface area (Å²) < 4.78 is 55.2. The first-order chi connectivity index (χ1) is 26.1. The lowest BCUT2D eigenvalue weighted by Crippen LogP contribution is -2.48. The molecular weight excluding hydrogens is 692 g/mol. The maximum atomic E-state index is 14.3. The van der Waals surface area contributed by atoms with Crippen molar-refractivity contribution in [3.05, 3.63) is 82.1 Å². The van der Waals surface area contributed by atoms with Crippen LogP contribution in [0, 0.1) is 11.6 Å². The van der Waals surface area contributed by atoms with Crippen molar-refractivity contribution in [3.63, 3.8) is 0 Å². The number of halogens is 2. The van der Waals surface area contributed by atoms with Gasteiger partial charge in [-0.2, -0.15) is 0 Å². The molecule has 0 aliphatic carbocycles. The largest absolute Gasteiger partial charge is 0.496 e. The summed E-state index contributed by atoms with van der Waals surface area (Å²) in [6.45, 7) is 10.7. The Kier molecular flexibility index (Phi) is 14.3. The molecule has 0 N–H and O–H groups in total. The van der Waals surface area contributed by atoms with Crippen LogP contribution in [0.15, 0.2) is 59.5 Å². The summed E-state index contributed by atoms with van der Waals surface area (Å²) in [7, 11) is 3.87. The van der Waals surface area contributed by atoms with E-state index in [2.05, 4.69) is 7.05 Å². The van der Waals surface area contributed by atoms with Gasteiger partial charge in [-0.15, -0.1) is 0 Å².